The largest absolute Gasteiger partial charge is 0.309 e. The molecule has 230 valence electrons. The Bertz CT molecular complexity index is 2900. The third-order valence-corrected chi connectivity index (χ3v) is 9.58. The number of fused-ring (bicyclic) bond motifs is 6. The summed E-state index contributed by atoms with van der Waals surface area (Å²) in [6.07, 6.45) is 0. The Hall–Kier alpha value is -7.39. The predicted molar refractivity (Wildman–Crippen MR) is 200 cm³/mol. The highest BCUT2D eigenvalue weighted by Crippen LogP contribution is 2.39. The standard InChI is InChI=1S/C45H25N5/c46-26-29-14-20-44-40(23-29)39-19-13-30(27-47)24-45(39)50(44)41-10-4-1-7-36(41)34-22-31(28-48)21-33(25-34)32-15-17-35(18-16-32)49-42-11-5-2-8-37(42)38-9-3-6-12-43(38)49/h1-25H. The molecule has 5 heteroatoms. The summed E-state index contributed by atoms with van der Waals surface area (Å²) in [7, 11) is 0. The summed E-state index contributed by atoms with van der Waals surface area (Å²) < 4.78 is 4.45. The number of nitrogens with zero attached hydrogens (tertiary/aromatic N) is 5. The second-order valence-corrected chi connectivity index (χ2v) is 12.4. The Morgan fingerprint density at radius 3 is 1.66 bits per heavy atom. The number of para-hydroxylation sites is 3. The van der Waals surface area contributed by atoms with Gasteiger partial charge >= 0.3 is 0 Å². The van der Waals surface area contributed by atoms with E-state index in [0.717, 1.165) is 66.5 Å². The molecule has 5 nitrogen and oxygen atoms in total. The van der Waals surface area contributed by atoms with Crippen LogP contribution in [-0.2, 0) is 0 Å². The van der Waals surface area contributed by atoms with E-state index in [1.54, 1.807) is 0 Å². The number of benzene rings is 7. The average Bonchev–Trinajstić information content (AvgIpc) is 3.69. The Balaban J connectivity index is 1.20. The highest BCUT2D eigenvalue weighted by Gasteiger charge is 2.18. The Morgan fingerprint density at radius 2 is 0.940 bits per heavy atom. The first kappa shape index (κ1) is 28.8. The number of aromatic nitrogens is 2. The SMILES string of the molecule is N#Cc1cc(-c2ccc(-n3c4ccccc4c4ccccc43)cc2)cc(-c2ccccc2-n2c3ccc(C#N)cc3c3ccc(C#N)cc32)c1. The summed E-state index contributed by atoms with van der Waals surface area (Å²) >= 11 is 0. The van der Waals surface area contributed by atoms with Crippen LogP contribution in [0.25, 0.3) is 77.2 Å². The van der Waals surface area contributed by atoms with Gasteiger partial charge in [0.05, 0.1) is 62.7 Å². The molecule has 0 amide bonds. The van der Waals surface area contributed by atoms with Crippen LogP contribution < -0.4 is 0 Å². The van der Waals surface area contributed by atoms with Gasteiger partial charge in [0.1, 0.15) is 0 Å². The first-order valence-corrected chi connectivity index (χ1v) is 16.3. The molecule has 0 aliphatic rings. The fraction of sp³-hybridized carbons (Fsp3) is 0. The third kappa shape index (κ3) is 4.45. The van der Waals surface area contributed by atoms with E-state index in [-0.39, 0.29) is 0 Å². The molecule has 0 spiro atoms. The highest BCUT2D eigenvalue weighted by molar-refractivity contribution is 6.11. The van der Waals surface area contributed by atoms with E-state index in [1.165, 1.54) is 10.8 Å². The Labute approximate surface area is 287 Å². The molecule has 0 unspecified atom stereocenters. The van der Waals surface area contributed by atoms with E-state index in [1.807, 2.05) is 60.7 Å². The lowest BCUT2D eigenvalue weighted by Crippen LogP contribution is -1.98. The van der Waals surface area contributed by atoms with E-state index < -0.39 is 0 Å². The summed E-state index contributed by atoms with van der Waals surface area (Å²) in [5.41, 5.74) is 11.6. The van der Waals surface area contributed by atoms with Gasteiger partial charge in [0.2, 0.25) is 0 Å². The molecule has 0 saturated carbocycles. The van der Waals surface area contributed by atoms with Gasteiger partial charge in [0.15, 0.2) is 0 Å². The zero-order valence-electron chi connectivity index (χ0n) is 26.7. The van der Waals surface area contributed by atoms with Crippen molar-refractivity contribution in [2.75, 3.05) is 0 Å². The van der Waals surface area contributed by atoms with Gasteiger partial charge in [-0.25, -0.2) is 0 Å². The topological polar surface area (TPSA) is 81.2 Å². The molecule has 0 bridgehead atoms. The smallest absolute Gasteiger partial charge is 0.0992 e. The summed E-state index contributed by atoms with van der Waals surface area (Å²) in [5, 5.41) is 33.9. The summed E-state index contributed by atoms with van der Waals surface area (Å²) in [6.45, 7) is 0. The van der Waals surface area contributed by atoms with Crippen LogP contribution in [0.5, 0.6) is 0 Å². The second-order valence-electron chi connectivity index (χ2n) is 12.4. The summed E-state index contributed by atoms with van der Waals surface area (Å²) in [6, 6.07) is 57.9. The average molecular weight is 636 g/mol. The molecule has 0 aliphatic carbocycles. The Kier molecular flexibility index (Phi) is 6.56. The molecule has 0 fully saturated rings. The van der Waals surface area contributed by atoms with E-state index in [4.69, 9.17) is 0 Å². The number of hydrogen-bond acceptors (Lipinski definition) is 3. The van der Waals surface area contributed by atoms with Gasteiger partial charge in [0, 0.05) is 32.8 Å². The molecule has 0 radical (unpaired) electrons. The molecule has 0 atom stereocenters. The molecule has 0 saturated heterocycles. The van der Waals surface area contributed by atoms with E-state index in [2.05, 4.69) is 118 Å². The van der Waals surface area contributed by atoms with Crippen LogP contribution in [0.4, 0.5) is 0 Å². The van der Waals surface area contributed by atoms with E-state index in [0.29, 0.717) is 16.7 Å². The minimum absolute atomic E-state index is 0.553. The zero-order valence-corrected chi connectivity index (χ0v) is 26.7. The Morgan fingerprint density at radius 1 is 0.360 bits per heavy atom. The lowest BCUT2D eigenvalue weighted by molar-refractivity contribution is 1.18. The second kappa shape index (κ2) is 11.4. The van der Waals surface area contributed by atoms with Crippen LogP contribution in [0, 0.1) is 34.0 Å². The van der Waals surface area contributed by atoms with Crippen molar-refractivity contribution >= 4 is 43.6 Å². The molecule has 0 aliphatic heterocycles. The first-order valence-electron chi connectivity index (χ1n) is 16.3. The molecule has 2 aromatic heterocycles. The quantitative estimate of drug-likeness (QED) is 0.193. The van der Waals surface area contributed by atoms with Crippen molar-refractivity contribution in [2.24, 2.45) is 0 Å². The molecular formula is C45H25N5. The lowest BCUT2D eigenvalue weighted by atomic mass is 9.95. The maximum Gasteiger partial charge on any atom is 0.0992 e. The van der Waals surface area contributed by atoms with Gasteiger partial charge in [0.25, 0.3) is 0 Å². The van der Waals surface area contributed by atoms with Crippen LogP contribution in [0.3, 0.4) is 0 Å². The maximum absolute atomic E-state index is 10.2. The van der Waals surface area contributed by atoms with Gasteiger partial charge in [-0.3, -0.25) is 0 Å². The summed E-state index contributed by atoms with van der Waals surface area (Å²) in [5.74, 6) is 0. The lowest BCUT2D eigenvalue weighted by Gasteiger charge is -2.16. The van der Waals surface area contributed by atoms with Crippen LogP contribution in [0.2, 0.25) is 0 Å². The molecule has 50 heavy (non-hydrogen) atoms. The van der Waals surface area contributed by atoms with E-state index in [9.17, 15) is 15.8 Å². The highest BCUT2D eigenvalue weighted by atomic mass is 15.0. The minimum atomic E-state index is 0.553. The maximum atomic E-state index is 10.2. The fourth-order valence-electron chi connectivity index (χ4n) is 7.35. The van der Waals surface area contributed by atoms with Gasteiger partial charge in [-0.15, -0.1) is 0 Å². The van der Waals surface area contributed by atoms with Crippen LogP contribution >= 0.6 is 0 Å². The molecule has 9 rings (SSSR count). The van der Waals surface area contributed by atoms with Crippen molar-refractivity contribution in [1.29, 1.82) is 15.8 Å². The van der Waals surface area contributed by atoms with Crippen LogP contribution in [0.1, 0.15) is 16.7 Å². The van der Waals surface area contributed by atoms with Crippen molar-refractivity contribution in [1.82, 2.24) is 9.13 Å². The normalized spacial score (nSPS) is 11.1. The van der Waals surface area contributed by atoms with Crippen molar-refractivity contribution < 1.29 is 0 Å². The van der Waals surface area contributed by atoms with Crippen molar-refractivity contribution in [3.8, 4) is 51.8 Å². The molecule has 9 aromatic rings. The number of hydrogen-bond donors (Lipinski definition) is 0. The summed E-state index contributed by atoms with van der Waals surface area (Å²) in [4.78, 5) is 0. The first-order chi connectivity index (χ1) is 24.6. The molecule has 7 aromatic carbocycles. The zero-order chi connectivity index (χ0) is 33.8. The molecular weight excluding hydrogens is 611 g/mol. The van der Waals surface area contributed by atoms with Gasteiger partial charge in [-0.1, -0.05) is 72.8 Å². The predicted octanol–water partition coefficient (Wildman–Crippen LogP) is 10.8. The van der Waals surface area contributed by atoms with Crippen LogP contribution in [0.15, 0.2) is 152 Å². The number of rotatable bonds is 4. The minimum Gasteiger partial charge on any atom is -0.309 e. The van der Waals surface area contributed by atoms with Gasteiger partial charge < -0.3 is 9.13 Å². The third-order valence-electron chi connectivity index (χ3n) is 9.58. The molecule has 0 N–H and O–H groups in total. The van der Waals surface area contributed by atoms with Crippen molar-refractivity contribution in [2.45, 2.75) is 0 Å². The molecule has 2 heterocycles. The monoisotopic (exact) mass is 635 g/mol. The fourth-order valence-corrected chi connectivity index (χ4v) is 7.35. The number of nitriles is 3. The van der Waals surface area contributed by atoms with Crippen molar-refractivity contribution in [3.63, 3.8) is 0 Å². The van der Waals surface area contributed by atoms with Crippen LogP contribution in [-0.4, -0.2) is 9.13 Å². The van der Waals surface area contributed by atoms with Gasteiger partial charge in [-0.05, 0) is 95.6 Å². The van der Waals surface area contributed by atoms with E-state index >= 15 is 0 Å². The van der Waals surface area contributed by atoms with Gasteiger partial charge in [-0.2, -0.15) is 15.8 Å². The van der Waals surface area contributed by atoms with Crippen molar-refractivity contribution in [3.05, 3.63) is 168 Å².